The van der Waals surface area contributed by atoms with Crippen LogP contribution in [0, 0.1) is 5.92 Å². The molecule has 0 aliphatic carbocycles. The van der Waals surface area contributed by atoms with Gasteiger partial charge in [0.05, 0.1) is 11.5 Å². The van der Waals surface area contributed by atoms with E-state index in [0.29, 0.717) is 28.5 Å². The van der Waals surface area contributed by atoms with Crippen LogP contribution in [0.2, 0.25) is 10.0 Å². The fraction of sp³-hybridized carbons (Fsp3) is 0.462. The van der Waals surface area contributed by atoms with Gasteiger partial charge >= 0.3 is 0 Å². The van der Waals surface area contributed by atoms with Crippen LogP contribution < -0.4 is 0 Å². The average molecular weight is 321 g/mol. The summed E-state index contributed by atoms with van der Waals surface area (Å²) in [6, 6.07) is 5.00. The average Bonchev–Trinajstić information content (AvgIpc) is 2.63. The van der Waals surface area contributed by atoms with Crippen LogP contribution in [-0.4, -0.2) is 25.7 Å². The van der Waals surface area contributed by atoms with Crippen molar-refractivity contribution in [3.8, 4) is 0 Å². The molecular weight excluding hydrogens is 307 g/mol. The predicted molar refractivity (Wildman–Crippen MR) is 76.6 cm³/mol. The first-order valence-electron chi connectivity index (χ1n) is 6.02. The highest BCUT2D eigenvalue weighted by atomic mass is 35.5. The Hall–Kier alpha value is -0.580. The van der Waals surface area contributed by atoms with Gasteiger partial charge in [-0.05, 0) is 36.1 Å². The SMILES string of the molecule is O=C(Cc1cc(Cl)ccc1Cl)CC1CCS(=O)(=O)C1. The quantitative estimate of drug-likeness (QED) is 0.857. The van der Waals surface area contributed by atoms with Crippen LogP contribution >= 0.6 is 23.2 Å². The molecule has 2 rings (SSSR count). The summed E-state index contributed by atoms with van der Waals surface area (Å²) in [5.41, 5.74) is 0.694. The predicted octanol–water partition coefficient (Wildman–Crippen LogP) is 2.93. The summed E-state index contributed by atoms with van der Waals surface area (Å²) in [4.78, 5) is 11.9. The minimum atomic E-state index is -2.93. The molecule has 0 radical (unpaired) electrons. The normalized spacial score (nSPS) is 21.5. The van der Waals surface area contributed by atoms with Crippen molar-refractivity contribution in [3.05, 3.63) is 33.8 Å². The molecular formula is C13H14Cl2O3S. The third kappa shape index (κ3) is 4.20. The van der Waals surface area contributed by atoms with Gasteiger partial charge in [0.2, 0.25) is 0 Å². The minimum absolute atomic E-state index is 0.00580. The number of sulfone groups is 1. The molecule has 0 amide bonds. The summed E-state index contributed by atoms with van der Waals surface area (Å²) < 4.78 is 22.7. The zero-order valence-corrected chi connectivity index (χ0v) is 12.6. The molecule has 3 nitrogen and oxygen atoms in total. The molecule has 1 heterocycles. The lowest BCUT2D eigenvalue weighted by Gasteiger charge is -2.08. The lowest BCUT2D eigenvalue weighted by Crippen LogP contribution is -2.12. The number of hydrogen-bond donors (Lipinski definition) is 0. The molecule has 0 saturated carbocycles. The van der Waals surface area contributed by atoms with Crippen LogP contribution in [0.4, 0.5) is 0 Å². The Morgan fingerprint density at radius 1 is 1.32 bits per heavy atom. The van der Waals surface area contributed by atoms with Crippen molar-refractivity contribution in [1.82, 2.24) is 0 Å². The molecule has 1 aliphatic heterocycles. The molecule has 19 heavy (non-hydrogen) atoms. The summed E-state index contributed by atoms with van der Waals surface area (Å²) in [5, 5.41) is 1.05. The highest BCUT2D eigenvalue weighted by Crippen LogP contribution is 2.25. The Kier molecular flexibility index (Phi) is 4.54. The summed E-state index contributed by atoms with van der Waals surface area (Å²) in [6.07, 6.45) is 1.08. The monoisotopic (exact) mass is 320 g/mol. The van der Waals surface area contributed by atoms with Gasteiger partial charge in [-0.1, -0.05) is 23.2 Å². The van der Waals surface area contributed by atoms with Gasteiger partial charge in [0.25, 0.3) is 0 Å². The zero-order valence-electron chi connectivity index (χ0n) is 10.2. The van der Waals surface area contributed by atoms with Crippen LogP contribution in [0.3, 0.4) is 0 Å². The fourth-order valence-electron chi connectivity index (χ4n) is 2.32. The van der Waals surface area contributed by atoms with Gasteiger partial charge in [-0.15, -0.1) is 0 Å². The fourth-order valence-corrected chi connectivity index (χ4v) is 4.56. The third-order valence-electron chi connectivity index (χ3n) is 3.24. The lowest BCUT2D eigenvalue weighted by molar-refractivity contribution is -0.119. The van der Waals surface area contributed by atoms with E-state index in [9.17, 15) is 13.2 Å². The minimum Gasteiger partial charge on any atom is -0.299 e. The van der Waals surface area contributed by atoms with E-state index in [0.717, 1.165) is 0 Å². The Bertz CT molecular complexity index is 596. The smallest absolute Gasteiger partial charge is 0.150 e. The molecule has 1 saturated heterocycles. The molecule has 1 aromatic rings. The van der Waals surface area contributed by atoms with Crippen molar-refractivity contribution in [2.45, 2.75) is 19.3 Å². The van der Waals surface area contributed by atoms with Crippen molar-refractivity contribution >= 4 is 38.8 Å². The first-order valence-corrected chi connectivity index (χ1v) is 8.59. The molecule has 1 unspecified atom stereocenters. The summed E-state index contributed by atoms with van der Waals surface area (Å²) >= 11 is 11.9. The molecule has 104 valence electrons. The maximum Gasteiger partial charge on any atom is 0.150 e. The second kappa shape index (κ2) is 5.81. The van der Waals surface area contributed by atoms with Gasteiger partial charge < -0.3 is 0 Å². The highest BCUT2D eigenvalue weighted by molar-refractivity contribution is 7.91. The lowest BCUT2D eigenvalue weighted by atomic mass is 9.98. The first-order chi connectivity index (χ1) is 8.85. The molecule has 1 atom stereocenters. The van der Waals surface area contributed by atoms with E-state index in [-0.39, 0.29) is 29.6 Å². The second-order valence-corrected chi connectivity index (χ2v) is 8.00. The molecule has 0 aromatic heterocycles. The van der Waals surface area contributed by atoms with Crippen molar-refractivity contribution in [3.63, 3.8) is 0 Å². The number of benzene rings is 1. The van der Waals surface area contributed by atoms with Gasteiger partial charge in [0.15, 0.2) is 9.84 Å². The first kappa shape index (κ1) is 14.8. The number of carbonyl (C=O) groups is 1. The maximum atomic E-state index is 11.9. The number of Topliss-reactive ketones (excluding diaryl/α,β-unsaturated/α-hetero) is 1. The Labute approximate surface area is 122 Å². The van der Waals surface area contributed by atoms with E-state index in [2.05, 4.69) is 0 Å². The van der Waals surface area contributed by atoms with Crippen LogP contribution in [-0.2, 0) is 21.1 Å². The standard InChI is InChI=1S/C13H14Cl2O3S/c14-11-1-2-13(15)10(6-11)7-12(16)5-9-3-4-19(17,18)8-9/h1-2,6,9H,3-5,7-8H2. The number of halogens is 2. The van der Waals surface area contributed by atoms with Gasteiger partial charge in [0.1, 0.15) is 5.78 Å². The van der Waals surface area contributed by atoms with Crippen molar-refractivity contribution in [1.29, 1.82) is 0 Å². The molecule has 0 spiro atoms. The molecule has 1 aromatic carbocycles. The van der Waals surface area contributed by atoms with Crippen LogP contribution in [0.25, 0.3) is 0 Å². The van der Waals surface area contributed by atoms with Gasteiger partial charge in [-0.2, -0.15) is 0 Å². The summed E-state index contributed by atoms with van der Waals surface area (Å²) in [5.74, 6) is 0.284. The summed E-state index contributed by atoms with van der Waals surface area (Å²) in [6.45, 7) is 0. The van der Waals surface area contributed by atoms with E-state index in [1.54, 1.807) is 18.2 Å². The summed E-state index contributed by atoms with van der Waals surface area (Å²) in [7, 11) is -2.93. The topological polar surface area (TPSA) is 51.2 Å². The third-order valence-corrected chi connectivity index (χ3v) is 5.68. The van der Waals surface area contributed by atoms with Gasteiger partial charge in [0, 0.05) is 22.9 Å². The van der Waals surface area contributed by atoms with Crippen LogP contribution in [0.15, 0.2) is 18.2 Å². The van der Waals surface area contributed by atoms with E-state index < -0.39 is 9.84 Å². The second-order valence-electron chi connectivity index (χ2n) is 4.92. The van der Waals surface area contributed by atoms with Crippen molar-refractivity contribution < 1.29 is 13.2 Å². The van der Waals surface area contributed by atoms with Gasteiger partial charge in [-0.3, -0.25) is 4.79 Å². The van der Waals surface area contributed by atoms with E-state index >= 15 is 0 Å². The molecule has 1 fully saturated rings. The van der Waals surface area contributed by atoms with E-state index in [1.807, 2.05) is 0 Å². The Balaban J connectivity index is 1.97. The van der Waals surface area contributed by atoms with Crippen LogP contribution in [0.1, 0.15) is 18.4 Å². The molecule has 1 aliphatic rings. The molecule has 0 N–H and O–H groups in total. The van der Waals surface area contributed by atoms with Crippen molar-refractivity contribution in [2.75, 3.05) is 11.5 Å². The Morgan fingerprint density at radius 3 is 2.68 bits per heavy atom. The number of carbonyl (C=O) groups excluding carboxylic acids is 1. The molecule has 6 heteroatoms. The maximum absolute atomic E-state index is 11.9. The zero-order chi connectivity index (χ0) is 14.0. The largest absolute Gasteiger partial charge is 0.299 e. The number of ketones is 1. The molecule has 0 bridgehead atoms. The van der Waals surface area contributed by atoms with Gasteiger partial charge in [-0.25, -0.2) is 8.42 Å². The number of hydrogen-bond acceptors (Lipinski definition) is 3. The van der Waals surface area contributed by atoms with E-state index in [4.69, 9.17) is 23.2 Å². The van der Waals surface area contributed by atoms with Crippen molar-refractivity contribution in [2.24, 2.45) is 5.92 Å². The Morgan fingerprint density at radius 2 is 2.05 bits per heavy atom. The van der Waals surface area contributed by atoms with Crippen LogP contribution in [0.5, 0.6) is 0 Å². The number of rotatable bonds is 4. The highest BCUT2D eigenvalue weighted by Gasteiger charge is 2.29. The van der Waals surface area contributed by atoms with E-state index in [1.165, 1.54) is 0 Å².